The average Bonchev–Trinajstić information content (AvgIpc) is 2.95. The second kappa shape index (κ2) is 6.82. The molecule has 0 fully saturated rings. The molecule has 0 radical (unpaired) electrons. The van der Waals surface area contributed by atoms with Gasteiger partial charge in [-0.1, -0.05) is 18.2 Å². The molecule has 0 bridgehead atoms. The van der Waals surface area contributed by atoms with E-state index in [-0.39, 0.29) is 30.5 Å². The van der Waals surface area contributed by atoms with Crippen molar-refractivity contribution in [3.05, 3.63) is 64.6 Å². The van der Waals surface area contributed by atoms with E-state index in [9.17, 15) is 14.4 Å². The van der Waals surface area contributed by atoms with E-state index in [1.165, 1.54) is 0 Å². The molecule has 0 aliphatic rings. The van der Waals surface area contributed by atoms with E-state index in [0.29, 0.717) is 22.3 Å². The van der Waals surface area contributed by atoms with Crippen molar-refractivity contribution in [2.45, 2.75) is 6.42 Å². The maximum atomic E-state index is 11.9. The van der Waals surface area contributed by atoms with Crippen LogP contribution < -0.4 is 16.3 Å². The second-order valence-electron chi connectivity index (χ2n) is 5.26. The number of carbonyl (C=O) groups is 2. The number of aromatic nitrogens is 2. The van der Waals surface area contributed by atoms with E-state index < -0.39 is 0 Å². The predicted octanol–water partition coefficient (Wildman–Crippen LogP) is 1.61. The summed E-state index contributed by atoms with van der Waals surface area (Å²) in [6.07, 6.45) is 0.153. The van der Waals surface area contributed by atoms with Crippen LogP contribution in [0, 0.1) is 0 Å². The Kier molecular flexibility index (Phi) is 4.42. The van der Waals surface area contributed by atoms with Gasteiger partial charge >= 0.3 is 5.69 Å². The summed E-state index contributed by atoms with van der Waals surface area (Å²) >= 11 is 0. The predicted molar refractivity (Wildman–Crippen MR) is 90.9 cm³/mol. The summed E-state index contributed by atoms with van der Waals surface area (Å²) in [5.41, 5.74) is 2.14. The van der Waals surface area contributed by atoms with Gasteiger partial charge in [-0.15, -0.1) is 0 Å². The molecule has 24 heavy (non-hydrogen) atoms. The Hall–Kier alpha value is -3.35. The Morgan fingerprint density at radius 3 is 2.50 bits per heavy atom. The lowest BCUT2D eigenvalue weighted by atomic mass is 10.2. The SMILES string of the molecule is O=C(CCNC(=O)c1ccccc1)Nc1ccc2[nH]c(=O)[nH]c2c1. The molecule has 1 heterocycles. The van der Waals surface area contributed by atoms with Crippen molar-refractivity contribution in [2.75, 3.05) is 11.9 Å². The van der Waals surface area contributed by atoms with Crippen LogP contribution in [0.4, 0.5) is 5.69 Å². The van der Waals surface area contributed by atoms with Crippen molar-refractivity contribution in [2.24, 2.45) is 0 Å². The smallest absolute Gasteiger partial charge is 0.323 e. The minimum Gasteiger partial charge on any atom is -0.352 e. The van der Waals surface area contributed by atoms with E-state index in [1.807, 2.05) is 6.07 Å². The minimum atomic E-state index is -0.294. The highest BCUT2D eigenvalue weighted by Gasteiger charge is 2.07. The highest BCUT2D eigenvalue weighted by Crippen LogP contribution is 2.14. The molecule has 3 rings (SSSR count). The van der Waals surface area contributed by atoms with E-state index in [2.05, 4.69) is 20.6 Å². The quantitative estimate of drug-likeness (QED) is 0.573. The monoisotopic (exact) mass is 324 g/mol. The number of rotatable bonds is 5. The van der Waals surface area contributed by atoms with Crippen LogP contribution in [0.2, 0.25) is 0 Å². The maximum Gasteiger partial charge on any atom is 0.323 e. The van der Waals surface area contributed by atoms with Crippen molar-refractivity contribution in [1.29, 1.82) is 0 Å². The third kappa shape index (κ3) is 3.70. The number of H-pyrrole nitrogens is 2. The molecular formula is C17H16N4O3. The van der Waals surface area contributed by atoms with Gasteiger partial charge < -0.3 is 20.6 Å². The molecule has 2 aromatic carbocycles. The molecule has 0 saturated heterocycles. The molecule has 7 heteroatoms. The molecule has 0 spiro atoms. The molecule has 7 nitrogen and oxygen atoms in total. The van der Waals surface area contributed by atoms with Gasteiger partial charge in [-0.05, 0) is 30.3 Å². The summed E-state index contributed by atoms with van der Waals surface area (Å²) in [5, 5.41) is 5.43. The van der Waals surface area contributed by atoms with Crippen molar-refractivity contribution in [3.8, 4) is 0 Å². The number of aromatic amines is 2. The Balaban J connectivity index is 1.51. The van der Waals surface area contributed by atoms with Gasteiger partial charge in [0.2, 0.25) is 5.91 Å². The van der Waals surface area contributed by atoms with Gasteiger partial charge in [0.05, 0.1) is 11.0 Å². The first-order valence-electron chi connectivity index (χ1n) is 7.47. The average molecular weight is 324 g/mol. The number of benzene rings is 2. The first kappa shape index (κ1) is 15.5. The summed E-state index contributed by atoms with van der Waals surface area (Å²) < 4.78 is 0. The summed E-state index contributed by atoms with van der Waals surface area (Å²) in [6, 6.07) is 13.9. The number of hydrogen-bond acceptors (Lipinski definition) is 3. The van der Waals surface area contributed by atoms with Crippen LogP contribution in [-0.2, 0) is 4.79 Å². The second-order valence-corrected chi connectivity index (χ2v) is 5.26. The fraction of sp³-hybridized carbons (Fsp3) is 0.118. The van der Waals surface area contributed by atoms with Crippen molar-refractivity contribution >= 4 is 28.5 Å². The normalized spacial score (nSPS) is 10.5. The number of amides is 2. The van der Waals surface area contributed by atoms with Gasteiger partial charge in [0.1, 0.15) is 0 Å². The standard InChI is InChI=1S/C17H16N4O3/c22-15(8-9-18-16(23)11-4-2-1-3-5-11)19-12-6-7-13-14(10-12)21-17(24)20-13/h1-7,10H,8-9H2,(H,18,23)(H,19,22)(H2,20,21,24). The number of fused-ring (bicyclic) bond motifs is 1. The number of carbonyl (C=O) groups excluding carboxylic acids is 2. The highest BCUT2D eigenvalue weighted by molar-refractivity contribution is 5.95. The zero-order chi connectivity index (χ0) is 16.9. The van der Waals surface area contributed by atoms with Gasteiger partial charge in [-0.3, -0.25) is 9.59 Å². The van der Waals surface area contributed by atoms with Crippen LogP contribution in [-0.4, -0.2) is 28.3 Å². The molecule has 0 aliphatic heterocycles. The third-order valence-electron chi connectivity index (χ3n) is 3.47. The zero-order valence-electron chi connectivity index (χ0n) is 12.8. The van der Waals surface area contributed by atoms with Gasteiger partial charge in [0, 0.05) is 24.2 Å². The molecular weight excluding hydrogens is 308 g/mol. The molecule has 1 aromatic heterocycles. The number of nitrogens with one attached hydrogen (secondary N) is 4. The largest absolute Gasteiger partial charge is 0.352 e. The van der Waals surface area contributed by atoms with E-state index in [4.69, 9.17) is 0 Å². The van der Waals surface area contributed by atoms with Crippen LogP contribution in [0.25, 0.3) is 11.0 Å². The van der Waals surface area contributed by atoms with Gasteiger partial charge in [0.15, 0.2) is 0 Å². The number of anilines is 1. The molecule has 0 saturated carbocycles. The Bertz CT molecular complexity index is 928. The fourth-order valence-corrected chi connectivity index (χ4v) is 2.31. The van der Waals surface area contributed by atoms with Crippen molar-refractivity contribution < 1.29 is 9.59 Å². The molecule has 0 unspecified atom stereocenters. The van der Waals surface area contributed by atoms with E-state index in [1.54, 1.807) is 42.5 Å². The highest BCUT2D eigenvalue weighted by atomic mass is 16.2. The van der Waals surface area contributed by atoms with Gasteiger partial charge in [-0.2, -0.15) is 0 Å². The molecule has 122 valence electrons. The molecule has 4 N–H and O–H groups in total. The van der Waals surface area contributed by atoms with Crippen LogP contribution in [0.3, 0.4) is 0 Å². The lowest BCUT2D eigenvalue weighted by Crippen LogP contribution is -2.27. The van der Waals surface area contributed by atoms with Crippen LogP contribution >= 0.6 is 0 Å². The van der Waals surface area contributed by atoms with Gasteiger partial charge in [0.25, 0.3) is 5.91 Å². The lowest BCUT2D eigenvalue weighted by Gasteiger charge is -2.07. The van der Waals surface area contributed by atoms with Crippen molar-refractivity contribution in [3.63, 3.8) is 0 Å². The molecule has 3 aromatic rings. The topological polar surface area (TPSA) is 107 Å². The van der Waals surface area contributed by atoms with E-state index >= 15 is 0 Å². The summed E-state index contributed by atoms with van der Waals surface area (Å²) in [5.74, 6) is -0.435. The van der Waals surface area contributed by atoms with E-state index in [0.717, 1.165) is 0 Å². The lowest BCUT2D eigenvalue weighted by molar-refractivity contribution is -0.116. The van der Waals surface area contributed by atoms with Crippen molar-refractivity contribution in [1.82, 2.24) is 15.3 Å². The number of imidazole rings is 1. The first-order valence-corrected chi connectivity index (χ1v) is 7.47. The Morgan fingerprint density at radius 2 is 1.71 bits per heavy atom. The fourth-order valence-electron chi connectivity index (χ4n) is 2.31. The molecule has 2 amide bonds. The summed E-state index contributed by atoms with van der Waals surface area (Å²) in [6.45, 7) is 0.239. The van der Waals surface area contributed by atoms with Crippen LogP contribution in [0.15, 0.2) is 53.3 Å². The maximum absolute atomic E-state index is 11.9. The van der Waals surface area contributed by atoms with Crippen LogP contribution in [0.5, 0.6) is 0 Å². The zero-order valence-corrected chi connectivity index (χ0v) is 12.8. The van der Waals surface area contributed by atoms with Crippen LogP contribution in [0.1, 0.15) is 16.8 Å². The first-order chi connectivity index (χ1) is 11.6. The Labute approximate surface area is 137 Å². The minimum absolute atomic E-state index is 0.153. The van der Waals surface area contributed by atoms with Gasteiger partial charge in [-0.25, -0.2) is 4.79 Å². The molecule has 0 aliphatic carbocycles. The summed E-state index contributed by atoms with van der Waals surface area (Å²) in [7, 11) is 0. The number of hydrogen-bond donors (Lipinski definition) is 4. The Morgan fingerprint density at radius 1 is 0.958 bits per heavy atom. The molecule has 0 atom stereocenters. The third-order valence-corrected chi connectivity index (χ3v) is 3.47. The summed E-state index contributed by atoms with van der Waals surface area (Å²) in [4.78, 5) is 40.2.